The molecule has 0 spiro atoms. The van der Waals surface area contributed by atoms with E-state index in [0.29, 0.717) is 31.6 Å². The molecule has 3 rings (SSSR count). The molecule has 0 bridgehead atoms. The van der Waals surface area contributed by atoms with Crippen LogP contribution in [0.3, 0.4) is 0 Å². The lowest BCUT2D eigenvalue weighted by Crippen LogP contribution is -2.38. The van der Waals surface area contributed by atoms with Crippen LogP contribution in [0.4, 0.5) is 0 Å². The third-order valence-electron chi connectivity index (χ3n) is 4.45. The fraction of sp³-hybridized carbons (Fsp3) is 0.391. The molecule has 0 fully saturated rings. The van der Waals surface area contributed by atoms with Crippen LogP contribution >= 0.6 is 35.3 Å². The van der Waals surface area contributed by atoms with Crippen LogP contribution < -0.4 is 20.1 Å². The number of hydrogen-bond acceptors (Lipinski definition) is 6. The summed E-state index contributed by atoms with van der Waals surface area (Å²) < 4.78 is 17.0. The second kappa shape index (κ2) is 13.3. The third-order valence-corrected chi connectivity index (χ3v) is 5.31. The van der Waals surface area contributed by atoms with Crippen molar-refractivity contribution < 1.29 is 13.9 Å². The third kappa shape index (κ3) is 7.13. The molecule has 1 atom stereocenters. The first-order chi connectivity index (χ1) is 15.1. The molecular weight excluding hydrogens is 539 g/mol. The normalized spacial score (nSPS) is 12.1. The van der Waals surface area contributed by atoms with E-state index in [9.17, 15) is 0 Å². The molecule has 0 aliphatic heterocycles. The van der Waals surface area contributed by atoms with E-state index in [-0.39, 0.29) is 30.0 Å². The number of aromatic nitrogens is 1. The molecule has 0 radical (unpaired) electrons. The zero-order valence-corrected chi connectivity index (χ0v) is 22.0. The van der Waals surface area contributed by atoms with Crippen molar-refractivity contribution in [1.29, 1.82) is 0 Å². The van der Waals surface area contributed by atoms with Crippen LogP contribution in [-0.2, 0) is 6.54 Å². The quantitative estimate of drug-likeness (QED) is 0.187. The van der Waals surface area contributed by atoms with Gasteiger partial charge in [-0.1, -0.05) is 12.1 Å². The van der Waals surface area contributed by atoms with E-state index in [0.717, 1.165) is 34.2 Å². The minimum Gasteiger partial charge on any atom is -0.490 e. The van der Waals surface area contributed by atoms with Gasteiger partial charge in [-0.05, 0) is 56.8 Å². The lowest BCUT2D eigenvalue weighted by Gasteiger charge is -2.20. The summed E-state index contributed by atoms with van der Waals surface area (Å²) in [5.41, 5.74) is 1.87. The van der Waals surface area contributed by atoms with Crippen LogP contribution in [0.5, 0.6) is 11.5 Å². The molecule has 0 aliphatic carbocycles. The van der Waals surface area contributed by atoms with Crippen LogP contribution in [-0.4, -0.2) is 30.7 Å². The maximum absolute atomic E-state index is 5.75. The molecule has 32 heavy (non-hydrogen) atoms. The van der Waals surface area contributed by atoms with Gasteiger partial charge in [-0.25, -0.2) is 9.98 Å². The maximum atomic E-state index is 5.75. The first-order valence-corrected chi connectivity index (χ1v) is 11.4. The van der Waals surface area contributed by atoms with Gasteiger partial charge in [0.1, 0.15) is 12.0 Å². The first kappa shape index (κ1) is 26.0. The van der Waals surface area contributed by atoms with Crippen LogP contribution in [0, 0.1) is 0 Å². The summed E-state index contributed by atoms with van der Waals surface area (Å²) in [5.74, 6) is 2.85. The van der Waals surface area contributed by atoms with Gasteiger partial charge in [0.15, 0.2) is 17.5 Å². The molecule has 2 heterocycles. The van der Waals surface area contributed by atoms with Gasteiger partial charge in [-0.15, -0.1) is 35.3 Å². The number of aliphatic imine (C=N–C) groups is 1. The molecule has 9 heteroatoms. The SMILES string of the molecule is CCNC(=NCc1coc(-c2cccs2)n1)NC(C)c1ccc(OCC)c(OCC)c1.I. The second-order valence-corrected chi connectivity index (χ2v) is 7.70. The van der Waals surface area contributed by atoms with Crippen LogP contribution in [0.2, 0.25) is 0 Å². The molecule has 1 aromatic carbocycles. The minimum atomic E-state index is 0. The summed E-state index contributed by atoms with van der Waals surface area (Å²) >= 11 is 1.60. The summed E-state index contributed by atoms with van der Waals surface area (Å²) in [7, 11) is 0. The molecule has 1 unspecified atom stereocenters. The van der Waals surface area contributed by atoms with Crippen molar-refractivity contribution >= 4 is 41.3 Å². The molecule has 2 N–H and O–H groups in total. The van der Waals surface area contributed by atoms with E-state index >= 15 is 0 Å². The lowest BCUT2D eigenvalue weighted by atomic mass is 10.1. The van der Waals surface area contributed by atoms with Gasteiger partial charge in [0.2, 0.25) is 5.89 Å². The Hall–Kier alpha value is -2.27. The predicted octanol–water partition coefficient (Wildman–Crippen LogP) is 5.63. The van der Waals surface area contributed by atoms with Crippen molar-refractivity contribution in [3.8, 4) is 22.3 Å². The zero-order valence-electron chi connectivity index (χ0n) is 18.9. The number of thiophene rings is 1. The van der Waals surface area contributed by atoms with E-state index in [1.807, 2.05) is 56.5 Å². The summed E-state index contributed by atoms with van der Waals surface area (Å²) in [6.45, 7) is 10.4. The monoisotopic (exact) mass is 570 g/mol. The van der Waals surface area contributed by atoms with Gasteiger partial charge >= 0.3 is 0 Å². The highest BCUT2D eigenvalue weighted by Crippen LogP contribution is 2.30. The second-order valence-electron chi connectivity index (χ2n) is 6.75. The van der Waals surface area contributed by atoms with Crippen molar-refractivity contribution in [2.45, 2.75) is 40.3 Å². The molecule has 2 aromatic heterocycles. The average Bonchev–Trinajstić information content (AvgIpc) is 3.45. The van der Waals surface area contributed by atoms with Crippen LogP contribution in [0.1, 0.15) is 45.0 Å². The predicted molar refractivity (Wildman–Crippen MR) is 140 cm³/mol. The Morgan fingerprint density at radius 2 is 1.94 bits per heavy atom. The fourth-order valence-electron chi connectivity index (χ4n) is 3.00. The Morgan fingerprint density at radius 1 is 1.16 bits per heavy atom. The number of guanidine groups is 1. The summed E-state index contributed by atoms with van der Waals surface area (Å²) in [5, 5.41) is 8.74. The van der Waals surface area contributed by atoms with E-state index in [1.54, 1.807) is 17.6 Å². The Kier molecular flexibility index (Phi) is 10.8. The molecule has 0 saturated heterocycles. The van der Waals surface area contributed by atoms with Gasteiger partial charge in [0.05, 0.1) is 30.7 Å². The smallest absolute Gasteiger partial charge is 0.236 e. The van der Waals surface area contributed by atoms with Crippen molar-refractivity contribution in [3.63, 3.8) is 0 Å². The topological polar surface area (TPSA) is 80.9 Å². The summed E-state index contributed by atoms with van der Waals surface area (Å²) in [4.78, 5) is 10.2. The van der Waals surface area contributed by atoms with Crippen LogP contribution in [0.25, 0.3) is 10.8 Å². The number of oxazole rings is 1. The number of hydrogen-bond donors (Lipinski definition) is 2. The van der Waals surface area contributed by atoms with E-state index < -0.39 is 0 Å². The van der Waals surface area contributed by atoms with Crippen LogP contribution in [0.15, 0.2) is 51.4 Å². The fourth-order valence-corrected chi connectivity index (χ4v) is 3.65. The maximum Gasteiger partial charge on any atom is 0.236 e. The highest BCUT2D eigenvalue weighted by molar-refractivity contribution is 14.0. The Morgan fingerprint density at radius 3 is 2.62 bits per heavy atom. The van der Waals surface area contributed by atoms with Gasteiger partial charge in [-0.3, -0.25) is 0 Å². The van der Waals surface area contributed by atoms with E-state index in [2.05, 4.69) is 27.5 Å². The summed E-state index contributed by atoms with van der Waals surface area (Å²) in [6, 6.07) is 10.00. The molecule has 7 nitrogen and oxygen atoms in total. The number of nitrogens with zero attached hydrogens (tertiary/aromatic N) is 2. The van der Waals surface area contributed by atoms with Crippen molar-refractivity contribution in [1.82, 2.24) is 15.6 Å². The van der Waals surface area contributed by atoms with Gasteiger partial charge < -0.3 is 24.5 Å². The standard InChI is InChI=1S/C23H30N4O3S.HI/c1-5-24-23(25-14-18-15-30-22(27-18)21-9-8-12-31-21)26-16(4)17-10-11-19(28-6-2)20(13-17)29-7-3;/h8-13,15-16H,5-7,14H2,1-4H3,(H2,24,25,26);1H. The largest absolute Gasteiger partial charge is 0.490 e. The Labute approximate surface area is 210 Å². The van der Waals surface area contributed by atoms with Gasteiger partial charge in [-0.2, -0.15) is 0 Å². The number of ether oxygens (including phenoxy) is 2. The molecular formula is C23H31IN4O3S. The van der Waals surface area contributed by atoms with Crippen molar-refractivity contribution in [3.05, 3.63) is 53.2 Å². The number of benzene rings is 1. The van der Waals surface area contributed by atoms with Gasteiger partial charge in [0.25, 0.3) is 0 Å². The Bertz CT molecular complexity index is 976. The lowest BCUT2D eigenvalue weighted by molar-refractivity contribution is 0.287. The molecule has 174 valence electrons. The number of rotatable bonds is 10. The average molecular weight is 570 g/mol. The molecule has 0 aliphatic rings. The molecule has 0 saturated carbocycles. The van der Waals surface area contributed by atoms with E-state index in [4.69, 9.17) is 13.9 Å². The van der Waals surface area contributed by atoms with Crippen molar-refractivity contribution in [2.75, 3.05) is 19.8 Å². The number of nitrogens with one attached hydrogen (secondary N) is 2. The van der Waals surface area contributed by atoms with Gasteiger partial charge in [0, 0.05) is 6.54 Å². The molecule has 3 aromatic rings. The Balaban J connectivity index is 0.00000363. The highest BCUT2D eigenvalue weighted by Gasteiger charge is 2.13. The highest BCUT2D eigenvalue weighted by atomic mass is 127. The molecule has 0 amide bonds. The van der Waals surface area contributed by atoms with Crippen molar-refractivity contribution in [2.24, 2.45) is 4.99 Å². The minimum absolute atomic E-state index is 0. The number of halogens is 1. The zero-order chi connectivity index (χ0) is 22.1. The van der Waals surface area contributed by atoms with E-state index in [1.165, 1.54) is 0 Å². The first-order valence-electron chi connectivity index (χ1n) is 10.6. The summed E-state index contributed by atoms with van der Waals surface area (Å²) in [6.07, 6.45) is 1.66.